The van der Waals surface area contributed by atoms with Gasteiger partial charge in [0.15, 0.2) is 0 Å². The third-order valence-electron chi connectivity index (χ3n) is 3.35. The molecule has 3 rings (SSSR count). The molecule has 0 radical (unpaired) electrons. The van der Waals surface area contributed by atoms with Gasteiger partial charge < -0.3 is 5.32 Å². The summed E-state index contributed by atoms with van der Waals surface area (Å²) in [5.41, 5.74) is 0.879. The highest BCUT2D eigenvalue weighted by molar-refractivity contribution is 7.20. The maximum absolute atomic E-state index is 11.9. The molecule has 0 unspecified atom stereocenters. The van der Waals surface area contributed by atoms with Crippen LogP contribution in [0.25, 0.3) is 9.88 Å². The van der Waals surface area contributed by atoms with Crippen molar-refractivity contribution in [1.82, 2.24) is 10.3 Å². The first kappa shape index (κ1) is 12.8. The van der Waals surface area contributed by atoms with E-state index in [1.54, 1.807) is 22.7 Å². The van der Waals surface area contributed by atoms with Crippen LogP contribution in [0.4, 0.5) is 0 Å². The van der Waals surface area contributed by atoms with Crippen LogP contribution >= 0.6 is 22.7 Å². The number of nitrogens with zero attached hydrogens (tertiary/aromatic N) is 1. The first-order chi connectivity index (χ1) is 9.31. The largest absolute Gasteiger partial charge is 0.353 e. The van der Waals surface area contributed by atoms with E-state index in [0.29, 0.717) is 12.5 Å². The van der Waals surface area contributed by atoms with Gasteiger partial charge in [0.25, 0.3) is 0 Å². The zero-order valence-electron chi connectivity index (χ0n) is 10.6. The summed E-state index contributed by atoms with van der Waals surface area (Å²) in [6.07, 6.45) is 5.14. The minimum Gasteiger partial charge on any atom is -0.353 e. The number of carbonyl (C=O) groups excluding carboxylic acids is 1. The lowest BCUT2D eigenvalue weighted by atomic mass is 10.2. The molecule has 2 aromatic rings. The number of aromatic nitrogens is 1. The topological polar surface area (TPSA) is 42.0 Å². The average Bonchev–Trinajstić information content (AvgIpc) is 3.09. The predicted molar refractivity (Wildman–Crippen MR) is 79.5 cm³/mol. The molecule has 0 saturated heterocycles. The van der Waals surface area contributed by atoms with Crippen LogP contribution in [0.1, 0.15) is 31.4 Å². The summed E-state index contributed by atoms with van der Waals surface area (Å²) in [7, 11) is 0. The Bertz CT molecular complexity index is 542. The second-order valence-electron chi connectivity index (χ2n) is 4.85. The molecule has 0 spiro atoms. The van der Waals surface area contributed by atoms with Crippen molar-refractivity contribution in [3.05, 3.63) is 28.6 Å². The number of hydrogen-bond donors (Lipinski definition) is 1. The molecule has 0 atom stereocenters. The van der Waals surface area contributed by atoms with Crippen LogP contribution < -0.4 is 5.32 Å². The van der Waals surface area contributed by atoms with E-state index in [1.807, 2.05) is 16.8 Å². The minimum absolute atomic E-state index is 0.106. The number of nitrogens with one attached hydrogen (secondary N) is 1. The fourth-order valence-corrected chi connectivity index (χ4v) is 4.05. The summed E-state index contributed by atoms with van der Waals surface area (Å²) in [6, 6.07) is 4.47. The molecule has 2 aromatic heterocycles. The summed E-state index contributed by atoms with van der Waals surface area (Å²) in [5.74, 6) is 0.106. The molecule has 5 heteroatoms. The molecule has 1 amide bonds. The van der Waals surface area contributed by atoms with Crippen molar-refractivity contribution in [1.29, 1.82) is 0 Å². The van der Waals surface area contributed by atoms with Crippen LogP contribution in [-0.4, -0.2) is 16.9 Å². The highest BCUT2D eigenvalue weighted by atomic mass is 32.1. The van der Waals surface area contributed by atoms with Gasteiger partial charge in [-0.2, -0.15) is 0 Å². The Morgan fingerprint density at radius 2 is 2.21 bits per heavy atom. The van der Waals surface area contributed by atoms with Gasteiger partial charge in [0.1, 0.15) is 5.01 Å². The molecular formula is C14H16N2OS2. The van der Waals surface area contributed by atoms with Crippen LogP contribution in [-0.2, 0) is 11.2 Å². The molecule has 0 aromatic carbocycles. The van der Waals surface area contributed by atoms with Gasteiger partial charge in [-0.25, -0.2) is 4.98 Å². The molecule has 0 bridgehead atoms. The third-order valence-corrected chi connectivity index (χ3v) is 5.28. The standard InChI is InChI=1S/C14H16N2OS2/c17-13(15-10-4-1-2-5-10)8-11-9-19-14(16-11)12-6-3-7-18-12/h3,6-7,9-10H,1-2,4-5,8H2,(H,15,17). The fraction of sp³-hybridized carbons (Fsp3) is 0.429. The highest BCUT2D eigenvalue weighted by Gasteiger charge is 2.17. The summed E-state index contributed by atoms with van der Waals surface area (Å²) in [5, 5.41) is 8.15. The highest BCUT2D eigenvalue weighted by Crippen LogP contribution is 2.27. The van der Waals surface area contributed by atoms with E-state index in [4.69, 9.17) is 0 Å². The second-order valence-corrected chi connectivity index (χ2v) is 6.65. The van der Waals surface area contributed by atoms with E-state index in [-0.39, 0.29) is 5.91 Å². The number of carbonyl (C=O) groups is 1. The van der Waals surface area contributed by atoms with E-state index < -0.39 is 0 Å². The van der Waals surface area contributed by atoms with Crippen molar-refractivity contribution in [2.24, 2.45) is 0 Å². The molecular weight excluding hydrogens is 276 g/mol. The number of thiophene rings is 1. The Morgan fingerprint density at radius 3 is 2.95 bits per heavy atom. The first-order valence-electron chi connectivity index (χ1n) is 6.59. The van der Waals surface area contributed by atoms with Gasteiger partial charge >= 0.3 is 0 Å². The molecule has 3 nitrogen and oxygen atoms in total. The van der Waals surface area contributed by atoms with E-state index in [1.165, 1.54) is 17.7 Å². The summed E-state index contributed by atoms with van der Waals surface area (Å²) < 4.78 is 0. The Labute approximate surface area is 120 Å². The monoisotopic (exact) mass is 292 g/mol. The lowest BCUT2D eigenvalue weighted by molar-refractivity contribution is -0.121. The van der Waals surface area contributed by atoms with Crippen molar-refractivity contribution in [2.75, 3.05) is 0 Å². The lowest BCUT2D eigenvalue weighted by Crippen LogP contribution is -2.33. The molecule has 1 saturated carbocycles. The van der Waals surface area contributed by atoms with E-state index in [2.05, 4.69) is 16.4 Å². The van der Waals surface area contributed by atoms with Crippen LogP contribution in [0.15, 0.2) is 22.9 Å². The molecule has 19 heavy (non-hydrogen) atoms. The number of thiazole rings is 1. The number of amides is 1. The van der Waals surface area contributed by atoms with E-state index in [0.717, 1.165) is 23.5 Å². The maximum Gasteiger partial charge on any atom is 0.226 e. The molecule has 1 fully saturated rings. The quantitative estimate of drug-likeness (QED) is 0.937. The zero-order valence-corrected chi connectivity index (χ0v) is 12.2. The van der Waals surface area contributed by atoms with Gasteiger partial charge in [0.2, 0.25) is 5.91 Å². The van der Waals surface area contributed by atoms with Crippen molar-refractivity contribution in [3.8, 4) is 9.88 Å². The van der Waals surface area contributed by atoms with Crippen LogP contribution in [0, 0.1) is 0 Å². The molecule has 1 aliphatic rings. The average molecular weight is 292 g/mol. The smallest absolute Gasteiger partial charge is 0.226 e. The first-order valence-corrected chi connectivity index (χ1v) is 8.35. The SMILES string of the molecule is O=C(Cc1csc(-c2cccs2)n1)NC1CCCC1. The third kappa shape index (κ3) is 3.22. The van der Waals surface area contributed by atoms with Gasteiger partial charge in [0.05, 0.1) is 17.0 Å². The molecule has 100 valence electrons. The van der Waals surface area contributed by atoms with Crippen LogP contribution in [0.5, 0.6) is 0 Å². The molecule has 0 aliphatic heterocycles. The molecule has 1 aliphatic carbocycles. The van der Waals surface area contributed by atoms with Crippen LogP contribution in [0.3, 0.4) is 0 Å². The lowest BCUT2D eigenvalue weighted by Gasteiger charge is -2.10. The molecule has 2 heterocycles. The number of rotatable bonds is 4. The van der Waals surface area contributed by atoms with Gasteiger partial charge in [0, 0.05) is 11.4 Å². The van der Waals surface area contributed by atoms with Crippen molar-refractivity contribution in [3.63, 3.8) is 0 Å². The number of hydrogen-bond acceptors (Lipinski definition) is 4. The maximum atomic E-state index is 11.9. The summed E-state index contributed by atoms with van der Waals surface area (Å²) in [6.45, 7) is 0. The van der Waals surface area contributed by atoms with Crippen LogP contribution in [0.2, 0.25) is 0 Å². The summed E-state index contributed by atoms with van der Waals surface area (Å²) >= 11 is 3.29. The Balaban J connectivity index is 1.59. The van der Waals surface area contributed by atoms with E-state index >= 15 is 0 Å². The fourth-order valence-electron chi connectivity index (χ4n) is 2.41. The zero-order chi connectivity index (χ0) is 13.1. The van der Waals surface area contributed by atoms with Gasteiger partial charge in [-0.05, 0) is 24.3 Å². The second kappa shape index (κ2) is 5.84. The Kier molecular flexibility index (Phi) is 3.94. The Hall–Kier alpha value is -1.20. The van der Waals surface area contributed by atoms with Gasteiger partial charge in [-0.15, -0.1) is 22.7 Å². The molecule has 1 N–H and O–H groups in total. The van der Waals surface area contributed by atoms with Crippen molar-refractivity contribution >= 4 is 28.6 Å². The minimum atomic E-state index is 0.106. The van der Waals surface area contributed by atoms with Crippen molar-refractivity contribution in [2.45, 2.75) is 38.1 Å². The van der Waals surface area contributed by atoms with Crippen molar-refractivity contribution < 1.29 is 4.79 Å². The van der Waals surface area contributed by atoms with Gasteiger partial charge in [-0.3, -0.25) is 4.79 Å². The Morgan fingerprint density at radius 1 is 1.37 bits per heavy atom. The predicted octanol–water partition coefficient (Wildman–Crippen LogP) is 3.47. The normalized spacial score (nSPS) is 15.8. The van der Waals surface area contributed by atoms with E-state index in [9.17, 15) is 4.79 Å². The summed E-state index contributed by atoms with van der Waals surface area (Å²) in [4.78, 5) is 17.6. The van der Waals surface area contributed by atoms with Gasteiger partial charge in [-0.1, -0.05) is 18.9 Å².